The monoisotopic (exact) mass is 812 g/mol. The summed E-state index contributed by atoms with van der Waals surface area (Å²) in [7, 11) is 0. The number of unbranched alkanes of at least 4 members (excludes halogenated alkanes) is 4. The second-order valence-corrected chi connectivity index (χ2v) is 14.9. The van der Waals surface area contributed by atoms with Gasteiger partial charge in [-0.2, -0.15) is 0 Å². The van der Waals surface area contributed by atoms with Crippen LogP contribution in [0.5, 0.6) is 0 Å². The molecule has 0 radical (unpaired) electrons. The molecule has 0 aromatic carbocycles. The van der Waals surface area contributed by atoms with Gasteiger partial charge in [0.2, 0.25) is 0 Å². The number of carbonyl (C=O) groups is 2. The number of rotatable bonds is 22. The van der Waals surface area contributed by atoms with Gasteiger partial charge in [-0.05, 0) is 47.0 Å². The number of aliphatic hydroxyl groups excluding tert-OH is 8. The molecule has 0 spiro atoms. The van der Waals surface area contributed by atoms with Gasteiger partial charge in [0.1, 0.15) is 67.1 Å². The van der Waals surface area contributed by atoms with Gasteiger partial charge in [-0.1, -0.05) is 38.3 Å². The van der Waals surface area contributed by atoms with Crippen molar-refractivity contribution in [2.75, 3.05) is 19.8 Å². The number of carbonyl (C=O) groups excluding carboxylic acids is 1. The lowest BCUT2D eigenvalue weighted by atomic mass is 9.95. The van der Waals surface area contributed by atoms with Crippen molar-refractivity contribution in [2.24, 2.45) is 5.92 Å². The van der Waals surface area contributed by atoms with E-state index in [2.05, 4.69) is 6.92 Å². The van der Waals surface area contributed by atoms with E-state index in [0.29, 0.717) is 0 Å². The van der Waals surface area contributed by atoms with Crippen LogP contribution < -0.4 is 0 Å². The first kappa shape index (κ1) is 48.4. The van der Waals surface area contributed by atoms with Gasteiger partial charge in [0.15, 0.2) is 25.0 Å². The number of ether oxygens (including phenoxy) is 8. The van der Waals surface area contributed by atoms with Gasteiger partial charge in [-0.25, -0.2) is 0 Å². The fraction of sp³-hybridized carbons (Fsp3) is 0.892. The van der Waals surface area contributed by atoms with Crippen molar-refractivity contribution in [3.8, 4) is 0 Å². The molecular formula is C37H64O19. The van der Waals surface area contributed by atoms with Crippen LogP contribution in [0.15, 0.2) is 12.2 Å². The zero-order valence-corrected chi connectivity index (χ0v) is 32.7. The zero-order chi connectivity index (χ0) is 41.7. The Balaban J connectivity index is 1.79. The average molecular weight is 813 g/mol. The summed E-state index contributed by atoms with van der Waals surface area (Å²) in [6.07, 6.45) is -17.2. The Bertz CT molecular complexity index is 1180. The lowest BCUT2D eigenvalue weighted by molar-refractivity contribution is -0.381. The summed E-state index contributed by atoms with van der Waals surface area (Å²) in [6, 6.07) is 0. The highest BCUT2D eigenvalue weighted by Crippen LogP contribution is 2.34. The fourth-order valence-electron chi connectivity index (χ4n) is 6.75. The van der Waals surface area contributed by atoms with Crippen LogP contribution in [0.1, 0.15) is 79.6 Å². The molecule has 0 aliphatic carbocycles. The molecule has 9 N–H and O–H groups in total. The van der Waals surface area contributed by atoms with Gasteiger partial charge >= 0.3 is 11.9 Å². The van der Waals surface area contributed by atoms with Crippen molar-refractivity contribution < 1.29 is 93.4 Å². The zero-order valence-electron chi connectivity index (χ0n) is 32.7. The third-order valence-electron chi connectivity index (χ3n) is 9.70. The first-order chi connectivity index (χ1) is 26.6. The van der Waals surface area contributed by atoms with E-state index in [1.165, 1.54) is 0 Å². The molecule has 0 bridgehead atoms. The molecule has 56 heavy (non-hydrogen) atoms. The molecule has 19 nitrogen and oxygen atoms in total. The van der Waals surface area contributed by atoms with E-state index in [-0.39, 0.29) is 6.42 Å². The van der Waals surface area contributed by atoms with E-state index < -0.39 is 148 Å². The molecule has 0 aromatic heterocycles. The first-order valence-electron chi connectivity index (χ1n) is 19.5. The van der Waals surface area contributed by atoms with E-state index in [1.54, 1.807) is 33.8 Å². The van der Waals surface area contributed by atoms with E-state index >= 15 is 0 Å². The Morgan fingerprint density at radius 2 is 1.14 bits per heavy atom. The average Bonchev–Trinajstić information content (AvgIpc) is 3.15. The van der Waals surface area contributed by atoms with Crippen LogP contribution >= 0.6 is 0 Å². The van der Waals surface area contributed by atoms with Crippen molar-refractivity contribution in [2.45, 2.75) is 184 Å². The van der Waals surface area contributed by atoms with Gasteiger partial charge in [0.05, 0.1) is 44.4 Å². The summed E-state index contributed by atoms with van der Waals surface area (Å²) in [6.45, 7) is 6.44. The Morgan fingerprint density at radius 3 is 1.68 bits per heavy atom. The van der Waals surface area contributed by atoms with Crippen LogP contribution in [0, 0.1) is 5.92 Å². The minimum atomic E-state index is -2.00. The maximum atomic E-state index is 13.3. The molecule has 19 heteroatoms. The lowest BCUT2D eigenvalue weighted by Gasteiger charge is -2.49. The number of carboxylic acids is 1. The standard InChI is InChI=1S/C37H64O19/c1-6-7-8-9-10-11-12-13-20(34(47)48)14-24(41)54-33-29(46)37(50-19(4)5)53-23(17-40)32(33)56-36-28(45)26(43)31(22(16-39)52-36)55-35-27(44)25(42)30(49-18(2)3)21(15-38)51-35/h11-12,18-23,25-33,35-40,42-46H,6-10,13-17H2,1-5H3,(H,47,48)/b12-11+/t20?,21?,22?,23?,25-,26-,27?,28?,29?,30-,31-,32-,33-,35-,36-,37+/m1/s1. The quantitative estimate of drug-likeness (QED) is 0.0354. The van der Waals surface area contributed by atoms with E-state index in [1.807, 2.05) is 6.08 Å². The number of hydrogen-bond donors (Lipinski definition) is 9. The summed E-state index contributed by atoms with van der Waals surface area (Å²) in [5, 5.41) is 95.6. The molecule has 0 amide bonds. The first-order valence-corrected chi connectivity index (χ1v) is 19.5. The van der Waals surface area contributed by atoms with Crippen LogP contribution in [-0.2, 0) is 47.5 Å². The van der Waals surface area contributed by atoms with Crippen LogP contribution in [0.3, 0.4) is 0 Å². The molecule has 0 aromatic rings. The third kappa shape index (κ3) is 13.3. The Hall–Kier alpha value is -1.92. The second kappa shape index (κ2) is 23.6. The molecule has 3 aliphatic rings. The predicted molar refractivity (Wildman–Crippen MR) is 191 cm³/mol. The molecule has 3 saturated heterocycles. The summed E-state index contributed by atoms with van der Waals surface area (Å²) < 4.78 is 45.7. The lowest BCUT2D eigenvalue weighted by Crippen LogP contribution is -2.67. The highest BCUT2D eigenvalue weighted by atomic mass is 16.8. The SMILES string of the molecule is CCCCCC/C=C/CC(CC(=O)O[C@@H]1C(O)[C@@H](OC(C)C)OC(CO)[C@H]1O[C@H]1OC(CO)[C@@H](O[C@H]2OC(CO)[C@@H](OC(C)C)[C@H](O)C2O)[C@H](O)C1O)C(=O)O. The Morgan fingerprint density at radius 1 is 0.625 bits per heavy atom. The minimum Gasteiger partial charge on any atom is -0.481 e. The van der Waals surface area contributed by atoms with Crippen LogP contribution in [0.2, 0.25) is 0 Å². The number of allylic oxidation sites excluding steroid dienone is 2. The Labute approximate surface area is 327 Å². The molecule has 7 unspecified atom stereocenters. The van der Waals surface area contributed by atoms with Gasteiger partial charge in [0, 0.05) is 0 Å². The van der Waals surface area contributed by atoms with Crippen LogP contribution in [0.25, 0.3) is 0 Å². The maximum Gasteiger partial charge on any atom is 0.307 e. The topological polar surface area (TPSA) is 290 Å². The molecule has 3 heterocycles. The molecule has 0 saturated carbocycles. The molecule has 326 valence electrons. The summed E-state index contributed by atoms with van der Waals surface area (Å²) in [5.41, 5.74) is 0. The van der Waals surface area contributed by atoms with Gasteiger partial charge in [0.25, 0.3) is 0 Å². The van der Waals surface area contributed by atoms with Crippen molar-refractivity contribution in [1.29, 1.82) is 0 Å². The minimum absolute atomic E-state index is 0.0352. The maximum absolute atomic E-state index is 13.3. The van der Waals surface area contributed by atoms with Gasteiger partial charge in [-0.15, -0.1) is 0 Å². The van der Waals surface area contributed by atoms with Crippen molar-refractivity contribution in [3.63, 3.8) is 0 Å². The molecule has 16 atom stereocenters. The number of aliphatic carboxylic acids is 1. The smallest absolute Gasteiger partial charge is 0.307 e. The molecule has 3 aliphatic heterocycles. The largest absolute Gasteiger partial charge is 0.481 e. The second-order valence-electron chi connectivity index (χ2n) is 14.9. The number of aliphatic hydroxyl groups is 8. The number of hydrogen-bond acceptors (Lipinski definition) is 18. The summed E-state index contributed by atoms with van der Waals surface area (Å²) in [5.74, 6) is -3.45. The van der Waals surface area contributed by atoms with Gasteiger partial charge in [-0.3, -0.25) is 9.59 Å². The van der Waals surface area contributed by atoms with Crippen LogP contribution in [-0.4, -0.2) is 182 Å². The van der Waals surface area contributed by atoms with Crippen molar-refractivity contribution in [1.82, 2.24) is 0 Å². The molecule has 3 fully saturated rings. The summed E-state index contributed by atoms with van der Waals surface area (Å²) in [4.78, 5) is 25.3. The predicted octanol–water partition coefficient (Wildman–Crippen LogP) is -1.15. The fourth-order valence-corrected chi connectivity index (χ4v) is 6.75. The normalized spacial score (nSPS) is 37.3. The van der Waals surface area contributed by atoms with Crippen molar-refractivity contribution >= 4 is 11.9 Å². The number of carboxylic acid groups (broad SMARTS) is 1. The van der Waals surface area contributed by atoms with E-state index in [9.17, 15) is 55.5 Å². The third-order valence-corrected chi connectivity index (χ3v) is 9.70. The van der Waals surface area contributed by atoms with Crippen LogP contribution in [0.4, 0.5) is 0 Å². The molecular weight excluding hydrogens is 748 g/mol. The van der Waals surface area contributed by atoms with E-state index in [0.717, 1.165) is 32.1 Å². The van der Waals surface area contributed by atoms with E-state index in [4.69, 9.17) is 37.9 Å². The summed E-state index contributed by atoms with van der Waals surface area (Å²) >= 11 is 0. The Kier molecular flexibility index (Phi) is 20.4. The van der Waals surface area contributed by atoms with Gasteiger partial charge < -0.3 is 83.9 Å². The number of esters is 1. The highest BCUT2D eigenvalue weighted by Gasteiger charge is 2.55. The molecule has 3 rings (SSSR count). The van der Waals surface area contributed by atoms with Crippen molar-refractivity contribution in [3.05, 3.63) is 12.2 Å². The highest BCUT2D eigenvalue weighted by molar-refractivity contribution is 5.79.